The summed E-state index contributed by atoms with van der Waals surface area (Å²) >= 11 is 6.50. The maximum Gasteiger partial charge on any atom is 0.308 e. The summed E-state index contributed by atoms with van der Waals surface area (Å²) in [5.74, 6) is -2.56. The Bertz CT molecular complexity index is 1580. The topological polar surface area (TPSA) is 211 Å². The van der Waals surface area contributed by atoms with Crippen molar-refractivity contribution in [3.8, 4) is 0 Å². The number of cyclic esters (lactones) is 1. The van der Waals surface area contributed by atoms with Crippen molar-refractivity contribution in [1.29, 1.82) is 0 Å². The van der Waals surface area contributed by atoms with Crippen molar-refractivity contribution in [2.75, 3.05) is 47.4 Å². The highest BCUT2D eigenvalue weighted by molar-refractivity contribution is 6.17. The molecule has 0 aromatic heterocycles. The molecule has 0 amide bonds. The molecule has 0 aliphatic carbocycles. The Morgan fingerprint density at radius 1 is 0.851 bits per heavy atom. The third-order valence-electron chi connectivity index (χ3n) is 14.0. The van der Waals surface area contributed by atoms with E-state index in [4.69, 9.17) is 59.0 Å². The number of carbonyl (C=O) groups is 2. The zero-order chi connectivity index (χ0) is 49.9. The molecular weight excluding hydrogens is 894 g/mol. The van der Waals surface area contributed by atoms with Gasteiger partial charge in [0.25, 0.3) is 0 Å². The standard InChI is InChI=1S/C49H84ClNO16/c1-14-20-60-43-39(51(10)11)42(66-38-24-49(9,57)46(56)31(8)62-38)30(7)64-48(43)67-41-28(5)35(53)23-37(54)65-36(15-2)33(21-26(3)16-17-34(52)27(4)22-32(41)18-19-50)25-61-47-45(59-13)44(58-12)40(55)29(6)63-47/h16-17,21,27-33,35-36,38-48,53,55-57H,14-15,18-20,22-25H2,1-13H3/b17-16+,26-21+/t27-,28+,29-,30-,31+,32+,33-,35-,36-,38+,39+,40-,41-,42-,43-,44-,45-,46+,47-,48+,49-/m1/s1. The Morgan fingerprint density at radius 3 is 2.12 bits per heavy atom. The van der Waals surface area contributed by atoms with Crippen LogP contribution in [0.5, 0.6) is 0 Å². The number of halogens is 1. The Kier molecular flexibility index (Phi) is 23.1. The summed E-state index contributed by atoms with van der Waals surface area (Å²) in [5, 5.41) is 44.4. The summed E-state index contributed by atoms with van der Waals surface area (Å²) in [4.78, 5) is 29.8. The molecule has 0 aromatic carbocycles. The van der Waals surface area contributed by atoms with Gasteiger partial charge in [-0.15, -0.1) is 11.6 Å². The minimum atomic E-state index is -1.45. The molecule has 0 aromatic rings. The lowest BCUT2D eigenvalue weighted by atomic mass is 9.79. The van der Waals surface area contributed by atoms with E-state index < -0.39 is 127 Å². The van der Waals surface area contributed by atoms with Crippen LogP contribution in [0.25, 0.3) is 0 Å². The predicted molar refractivity (Wildman–Crippen MR) is 249 cm³/mol. The van der Waals surface area contributed by atoms with E-state index in [2.05, 4.69) is 0 Å². The van der Waals surface area contributed by atoms with Crippen LogP contribution in [0.2, 0.25) is 0 Å². The van der Waals surface area contributed by atoms with Crippen LogP contribution in [0.3, 0.4) is 0 Å². The minimum Gasteiger partial charge on any atom is -0.462 e. The number of ketones is 1. The summed E-state index contributed by atoms with van der Waals surface area (Å²) < 4.78 is 62.7. The second-order valence-corrected chi connectivity index (χ2v) is 20.0. The highest BCUT2D eigenvalue weighted by Gasteiger charge is 2.52. The Hall–Kier alpha value is -1.65. The zero-order valence-corrected chi connectivity index (χ0v) is 42.9. The lowest BCUT2D eigenvalue weighted by Crippen LogP contribution is -2.66. The molecule has 4 heterocycles. The first-order valence-corrected chi connectivity index (χ1v) is 24.8. The third-order valence-corrected chi connectivity index (χ3v) is 14.2. The number of nitrogens with zero attached hydrogens (tertiary/aromatic N) is 1. The maximum absolute atomic E-state index is 13.9. The normalized spacial score (nSPS) is 44.5. The molecule has 0 bridgehead atoms. The average molecular weight is 979 g/mol. The van der Waals surface area contributed by atoms with Crippen molar-refractivity contribution in [2.24, 2.45) is 23.7 Å². The fourth-order valence-electron chi connectivity index (χ4n) is 9.98. The van der Waals surface area contributed by atoms with Gasteiger partial charge in [0, 0.05) is 50.9 Å². The number of rotatable bonds is 16. The van der Waals surface area contributed by atoms with E-state index in [9.17, 15) is 30.0 Å². The molecule has 388 valence electrons. The molecule has 4 rings (SSSR count). The van der Waals surface area contributed by atoms with Gasteiger partial charge >= 0.3 is 5.97 Å². The van der Waals surface area contributed by atoms with E-state index in [-0.39, 0.29) is 37.0 Å². The largest absolute Gasteiger partial charge is 0.462 e. The van der Waals surface area contributed by atoms with Gasteiger partial charge in [0.05, 0.1) is 55.2 Å². The summed E-state index contributed by atoms with van der Waals surface area (Å²) in [5.41, 5.74) is -0.708. The molecule has 0 spiro atoms. The Labute approximate surface area is 404 Å². The van der Waals surface area contributed by atoms with Crippen LogP contribution in [0.15, 0.2) is 23.8 Å². The number of likely N-dealkylation sites (N-methyl/N-ethyl adjacent to an activating group) is 1. The molecule has 21 atom stereocenters. The molecular formula is C49H84ClNO16. The van der Waals surface area contributed by atoms with E-state index in [0.29, 0.717) is 32.3 Å². The average Bonchev–Trinajstić information content (AvgIpc) is 3.27. The number of methoxy groups -OCH3 is 2. The lowest BCUT2D eigenvalue weighted by molar-refractivity contribution is -0.346. The van der Waals surface area contributed by atoms with Gasteiger partial charge in [-0.1, -0.05) is 45.4 Å². The van der Waals surface area contributed by atoms with E-state index in [0.717, 1.165) is 5.57 Å². The van der Waals surface area contributed by atoms with Crippen molar-refractivity contribution in [3.63, 3.8) is 0 Å². The number of hydrogen-bond donors (Lipinski definition) is 4. The first kappa shape index (κ1) is 57.9. The van der Waals surface area contributed by atoms with E-state index in [1.165, 1.54) is 14.2 Å². The predicted octanol–water partition coefficient (Wildman–Crippen LogP) is 4.31. The number of allylic oxidation sites excluding steroid dienone is 3. The van der Waals surface area contributed by atoms with Crippen molar-refractivity contribution in [3.05, 3.63) is 23.8 Å². The first-order valence-electron chi connectivity index (χ1n) is 24.3. The van der Waals surface area contributed by atoms with Crippen LogP contribution in [0, 0.1) is 23.7 Å². The van der Waals surface area contributed by atoms with Crippen LogP contribution in [-0.4, -0.2) is 188 Å². The molecule has 67 heavy (non-hydrogen) atoms. The van der Waals surface area contributed by atoms with Crippen molar-refractivity contribution in [2.45, 2.75) is 205 Å². The molecule has 3 saturated heterocycles. The van der Waals surface area contributed by atoms with Crippen LogP contribution in [0.1, 0.15) is 101 Å². The number of carbonyl (C=O) groups excluding carboxylic acids is 2. The number of hydrogen-bond acceptors (Lipinski definition) is 17. The first-order chi connectivity index (χ1) is 31.6. The monoisotopic (exact) mass is 978 g/mol. The fourth-order valence-corrected chi connectivity index (χ4v) is 10.3. The van der Waals surface area contributed by atoms with Gasteiger partial charge in [-0.05, 0) is 86.4 Å². The molecule has 4 N–H and O–H groups in total. The smallest absolute Gasteiger partial charge is 0.308 e. The number of alkyl halides is 1. The number of aliphatic hydroxyl groups excluding tert-OH is 3. The van der Waals surface area contributed by atoms with Crippen LogP contribution in [0.4, 0.5) is 0 Å². The zero-order valence-electron chi connectivity index (χ0n) is 42.2. The van der Waals surface area contributed by atoms with E-state index >= 15 is 0 Å². The van der Waals surface area contributed by atoms with Gasteiger partial charge in [-0.3, -0.25) is 9.59 Å². The van der Waals surface area contributed by atoms with Crippen LogP contribution >= 0.6 is 11.6 Å². The fraction of sp³-hybridized carbons (Fsp3) is 0.878. The van der Waals surface area contributed by atoms with Gasteiger partial charge in [-0.2, -0.15) is 0 Å². The second-order valence-electron chi connectivity index (χ2n) is 19.7. The lowest BCUT2D eigenvalue weighted by Gasteiger charge is -2.51. The van der Waals surface area contributed by atoms with Crippen molar-refractivity contribution >= 4 is 23.4 Å². The molecule has 17 nitrogen and oxygen atoms in total. The quantitative estimate of drug-likeness (QED) is 0.125. The Balaban J connectivity index is 1.67. The highest BCUT2D eigenvalue weighted by Crippen LogP contribution is 2.39. The minimum absolute atomic E-state index is 0.0255. The van der Waals surface area contributed by atoms with Gasteiger partial charge in [0.1, 0.15) is 42.7 Å². The summed E-state index contributed by atoms with van der Waals surface area (Å²) in [7, 11) is 6.78. The van der Waals surface area contributed by atoms with E-state index in [1.807, 2.05) is 66.6 Å². The molecule has 18 heteroatoms. The number of aliphatic hydroxyl groups is 4. The molecule has 0 unspecified atom stereocenters. The molecule has 0 saturated carbocycles. The van der Waals surface area contributed by atoms with Gasteiger partial charge in [-0.25, -0.2) is 0 Å². The number of esters is 1. The molecule has 4 aliphatic heterocycles. The van der Waals surface area contributed by atoms with E-state index in [1.54, 1.807) is 32.9 Å². The molecule has 4 aliphatic rings. The SMILES string of the molecule is CCCO[C@H]1[C@H](O[C@H]2[C@@H](CCCl)C[C@@H](C)C(=O)/C=C/C(C)=C/[C@H](CO[C@@H]3O[C@H](C)[C@@H](O)[C@@H](OC)[C@H]3OC)[C@@H](CC)OC(=O)C[C@@H](O)[C@@H]2C)O[C@H](C)[C@@H](O[C@H]2C[C@@](C)(O)[C@@H](O)[C@H](C)O2)[C@@H]1N(C)C. The maximum atomic E-state index is 13.9. The second kappa shape index (κ2) is 26.7. The third kappa shape index (κ3) is 15.2. The van der Waals surface area contributed by atoms with Crippen molar-refractivity contribution in [1.82, 2.24) is 4.90 Å². The van der Waals surface area contributed by atoms with Gasteiger partial charge in [0.2, 0.25) is 0 Å². The number of ether oxygens (including phenoxy) is 10. The van der Waals surface area contributed by atoms with Gasteiger partial charge in [0.15, 0.2) is 24.7 Å². The molecule has 0 radical (unpaired) electrons. The van der Waals surface area contributed by atoms with Crippen molar-refractivity contribution < 1.29 is 77.4 Å². The molecule has 3 fully saturated rings. The highest BCUT2D eigenvalue weighted by atomic mass is 35.5. The summed E-state index contributed by atoms with van der Waals surface area (Å²) in [6, 6.07) is -0.463. The summed E-state index contributed by atoms with van der Waals surface area (Å²) in [6.45, 7) is 16.6. The van der Waals surface area contributed by atoms with Crippen LogP contribution in [-0.2, 0) is 57.0 Å². The van der Waals surface area contributed by atoms with Gasteiger partial charge < -0.3 is 72.7 Å². The van der Waals surface area contributed by atoms with Crippen LogP contribution < -0.4 is 0 Å². The Morgan fingerprint density at radius 2 is 1.52 bits per heavy atom. The summed E-state index contributed by atoms with van der Waals surface area (Å²) in [6.07, 6.45) is -5.55.